The minimum absolute atomic E-state index is 0.0166. The first-order chi connectivity index (χ1) is 9.72. The lowest BCUT2D eigenvalue weighted by atomic mass is 10.0. The molecule has 0 aliphatic carbocycles. The van der Waals surface area contributed by atoms with Crippen LogP contribution in [0.15, 0.2) is 41.3 Å². The van der Waals surface area contributed by atoms with Crippen LogP contribution in [0.5, 0.6) is 0 Å². The fourth-order valence-corrected chi connectivity index (χ4v) is 1.98. The fraction of sp³-hybridized carbons (Fsp3) is 0.333. The van der Waals surface area contributed by atoms with Gasteiger partial charge in [-0.15, -0.1) is 0 Å². The van der Waals surface area contributed by atoms with Crippen molar-refractivity contribution in [1.29, 1.82) is 0 Å². The van der Waals surface area contributed by atoms with E-state index in [9.17, 15) is 4.79 Å². The summed E-state index contributed by atoms with van der Waals surface area (Å²) in [4.78, 5) is 15.8. The average Bonchev–Trinajstić information content (AvgIpc) is 2.99. The van der Waals surface area contributed by atoms with Crippen molar-refractivity contribution < 1.29 is 9.21 Å². The van der Waals surface area contributed by atoms with Gasteiger partial charge in [0.05, 0.1) is 6.20 Å². The van der Waals surface area contributed by atoms with Gasteiger partial charge < -0.3 is 15.5 Å². The third kappa shape index (κ3) is 3.68. The highest BCUT2D eigenvalue weighted by atomic mass is 16.3. The summed E-state index contributed by atoms with van der Waals surface area (Å²) < 4.78 is 5.24. The first-order valence-corrected chi connectivity index (χ1v) is 6.71. The molecule has 1 unspecified atom stereocenters. The molecule has 20 heavy (non-hydrogen) atoms. The highest BCUT2D eigenvalue weighted by Gasteiger charge is 2.11. The average molecular weight is 273 g/mol. The van der Waals surface area contributed by atoms with Crippen molar-refractivity contribution in [2.24, 2.45) is 11.7 Å². The lowest BCUT2D eigenvalue weighted by molar-refractivity contribution is -0.117. The first-order valence-electron chi connectivity index (χ1n) is 6.71. The van der Waals surface area contributed by atoms with Gasteiger partial charge in [0, 0.05) is 17.7 Å². The Bertz CT molecular complexity index is 548. The Kier molecular flexibility index (Phi) is 4.90. The summed E-state index contributed by atoms with van der Waals surface area (Å²) in [5.41, 5.74) is 7.24. The Hall–Kier alpha value is -2.14. The molecular formula is C15H19N3O2. The van der Waals surface area contributed by atoms with Gasteiger partial charge in [0.25, 0.3) is 0 Å². The molecular weight excluding hydrogens is 254 g/mol. The van der Waals surface area contributed by atoms with E-state index in [0.29, 0.717) is 18.7 Å². The van der Waals surface area contributed by atoms with Gasteiger partial charge >= 0.3 is 0 Å². The maximum atomic E-state index is 11.9. The van der Waals surface area contributed by atoms with Gasteiger partial charge in [0.15, 0.2) is 12.2 Å². The van der Waals surface area contributed by atoms with Crippen LogP contribution in [-0.4, -0.2) is 17.4 Å². The molecule has 1 amide bonds. The molecule has 0 radical (unpaired) electrons. The Morgan fingerprint density at radius 1 is 1.50 bits per heavy atom. The Balaban J connectivity index is 2.03. The minimum atomic E-state index is -0.0166. The number of nitrogens with two attached hydrogens (primary N) is 1. The second kappa shape index (κ2) is 6.86. The topological polar surface area (TPSA) is 81.2 Å². The van der Waals surface area contributed by atoms with Gasteiger partial charge in [0.1, 0.15) is 0 Å². The molecule has 0 bridgehead atoms. The van der Waals surface area contributed by atoms with Crippen LogP contribution >= 0.6 is 0 Å². The number of carbonyl (C=O) groups excluding carboxylic acids is 1. The summed E-state index contributed by atoms with van der Waals surface area (Å²) >= 11 is 0. The van der Waals surface area contributed by atoms with E-state index in [2.05, 4.69) is 10.3 Å². The van der Waals surface area contributed by atoms with Crippen molar-refractivity contribution in [3.63, 3.8) is 0 Å². The number of anilines is 1. The Morgan fingerprint density at radius 2 is 2.35 bits per heavy atom. The maximum Gasteiger partial charge on any atom is 0.224 e. The van der Waals surface area contributed by atoms with E-state index in [0.717, 1.165) is 17.7 Å². The highest BCUT2D eigenvalue weighted by Crippen LogP contribution is 2.22. The predicted molar refractivity (Wildman–Crippen MR) is 78.0 cm³/mol. The van der Waals surface area contributed by atoms with Gasteiger partial charge in [-0.25, -0.2) is 4.98 Å². The van der Waals surface area contributed by atoms with E-state index >= 15 is 0 Å². The number of hydrogen-bond acceptors (Lipinski definition) is 4. The fourth-order valence-electron chi connectivity index (χ4n) is 1.98. The summed E-state index contributed by atoms with van der Waals surface area (Å²) in [6.45, 7) is 2.57. The molecule has 2 rings (SSSR count). The van der Waals surface area contributed by atoms with Crippen molar-refractivity contribution in [2.75, 3.05) is 11.9 Å². The normalized spacial score (nSPS) is 12.1. The molecule has 5 heteroatoms. The van der Waals surface area contributed by atoms with E-state index < -0.39 is 0 Å². The van der Waals surface area contributed by atoms with E-state index in [-0.39, 0.29) is 11.8 Å². The lowest BCUT2D eigenvalue weighted by Gasteiger charge is -2.12. The molecule has 2 aromatic rings. The van der Waals surface area contributed by atoms with E-state index in [1.165, 1.54) is 6.39 Å². The van der Waals surface area contributed by atoms with Crippen molar-refractivity contribution in [3.8, 4) is 11.3 Å². The maximum absolute atomic E-state index is 11.9. The standard InChI is InChI=1S/C15H19N3O2/c1-2-11(8-16)6-15(19)18-13-5-3-4-12(7-13)14-9-17-10-20-14/h3-5,7,9-11H,2,6,8,16H2,1H3,(H,18,19). The van der Waals surface area contributed by atoms with Crippen LogP contribution in [0, 0.1) is 5.92 Å². The predicted octanol–water partition coefficient (Wildman–Crippen LogP) is 2.66. The number of nitrogens with zero attached hydrogens (tertiary/aromatic N) is 1. The SMILES string of the molecule is CCC(CN)CC(=O)Nc1cccc(-c2cnco2)c1. The van der Waals surface area contributed by atoms with Gasteiger partial charge in [-0.3, -0.25) is 4.79 Å². The summed E-state index contributed by atoms with van der Waals surface area (Å²) in [5.74, 6) is 0.888. The number of rotatable bonds is 6. The van der Waals surface area contributed by atoms with E-state index in [1.807, 2.05) is 31.2 Å². The molecule has 1 aromatic carbocycles. The third-order valence-corrected chi connectivity index (χ3v) is 3.25. The van der Waals surface area contributed by atoms with Gasteiger partial charge in [-0.05, 0) is 24.6 Å². The molecule has 0 aliphatic rings. The van der Waals surface area contributed by atoms with Crippen molar-refractivity contribution in [1.82, 2.24) is 4.98 Å². The summed E-state index contributed by atoms with van der Waals surface area (Å²) in [6.07, 6.45) is 4.37. The van der Waals surface area contributed by atoms with Crippen LogP contribution in [0.4, 0.5) is 5.69 Å². The van der Waals surface area contributed by atoms with Crippen LogP contribution in [0.1, 0.15) is 19.8 Å². The van der Waals surface area contributed by atoms with Crippen LogP contribution in [0.2, 0.25) is 0 Å². The molecule has 106 valence electrons. The zero-order chi connectivity index (χ0) is 14.4. The number of nitrogens with one attached hydrogen (secondary N) is 1. The quantitative estimate of drug-likeness (QED) is 0.847. The number of hydrogen-bond donors (Lipinski definition) is 2. The van der Waals surface area contributed by atoms with Gasteiger partial charge in [0.2, 0.25) is 5.91 Å². The molecule has 0 fully saturated rings. The zero-order valence-corrected chi connectivity index (χ0v) is 11.5. The molecule has 0 saturated carbocycles. The Labute approximate surface area is 118 Å². The smallest absolute Gasteiger partial charge is 0.224 e. The monoisotopic (exact) mass is 273 g/mol. The molecule has 1 aromatic heterocycles. The van der Waals surface area contributed by atoms with Crippen LogP contribution in [-0.2, 0) is 4.79 Å². The van der Waals surface area contributed by atoms with Crippen LogP contribution < -0.4 is 11.1 Å². The van der Waals surface area contributed by atoms with Crippen molar-refractivity contribution in [2.45, 2.75) is 19.8 Å². The molecule has 1 atom stereocenters. The second-order valence-electron chi connectivity index (χ2n) is 4.71. The lowest BCUT2D eigenvalue weighted by Crippen LogP contribution is -2.21. The van der Waals surface area contributed by atoms with Crippen molar-refractivity contribution in [3.05, 3.63) is 36.9 Å². The first kappa shape index (κ1) is 14.3. The summed E-state index contributed by atoms with van der Waals surface area (Å²) in [7, 11) is 0. The molecule has 1 heterocycles. The highest BCUT2D eigenvalue weighted by molar-refractivity contribution is 5.91. The number of carbonyl (C=O) groups is 1. The molecule has 0 spiro atoms. The number of amides is 1. The minimum Gasteiger partial charge on any atom is -0.444 e. The van der Waals surface area contributed by atoms with Crippen LogP contribution in [0.25, 0.3) is 11.3 Å². The molecule has 0 saturated heterocycles. The Morgan fingerprint density at radius 3 is 3.00 bits per heavy atom. The van der Waals surface area contributed by atoms with Gasteiger partial charge in [-0.1, -0.05) is 25.5 Å². The molecule has 3 N–H and O–H groups in total. The zero-order valence-electron chi connectivity index (χ0n) is 11.5. The van der Waals surface area contributed by atoms with E-state index in [1.54, 1.807) is 6.20 Å². The van der Waals surface area contributed by atoms with E-state index in [4.69, 9.17) is 10.2 Å². The number of benzene rings is 1. The number of oxazole rings is 1. The largest absolute Gasteiger partial charge is 0.444 e. The molecule has 0 aliphatic heterocycles. The third-order valence-electron chi connectivity index (χ3n) is 3.25. The van der Waals surface area contributed by atoms with Crippen LogP contribution in [0.3, 0.4) is 0 Å². The number of aromatic nitrogens is 1. The molecule has 5 nitrogen and oxygen atoms in total. The van der Waals surface area contributed by atoms with Crippen molar-refractivity contribution >= 4 is 11.6 Å². The van der Waals surface area contributed by atoms with Gasteiger partial charge in [-0.2, -0.15) is 0 Å². The summed E-state index contributed by atoms with van der Waals surface area (Å²) in [6, 6.07) is 7.49. The summed E-state index contributed by atoms with van der Waals surface area (Å²) in [5, 5.41) is 2.89. The second-order valence-corrected chi connectivity index (χ2v) is 4.71.